The van der Waals surface area contributed by atoms with Crippen LogP contribution in [0.3, 0.4) is 0 Å². The fourth-order valence-electron chi connectivity index (χ4n) is 1.44. The van der Waals surface area contributed by atoms with Crippen LogP contribution in [0, 0.1) is 0 Å². The molecule has 1 fully saturated rings. The van der Waals surface area contributed by atoms with E-state index in [1.165, 1.54) is 32.6 Å². The van der Waals surface area contributed by atoms with Gasteiger partial charge < -0.3 is 0 Å². The van der Waals surface area contributed by atoms with Crippen molar-refractivity contribution in [2.75, 3.05) is 26.2 Å². The third kappa shape index (κ3) is 2.70. The third-order valence-electron chi connectivity index (χ3n) is 2.56. The molecule has 1 aliphatic rings. The third-order valence-corrected chi connectivity index (χ3v) is 3.08. The first-order valence-corrected chi connectivity index (χ1v) is 4.99. The van der Waals surface area contributed by atoms with Crippen molar-refractivity contribution < 1.29 is 0 Å². The maximum atomic E-state index is 2.78. The molecular formula is C8H19N2P. The standard InChI is InChI=1S/C8H19N2P/c1-3-8(2)9-4-6-10(11)7-5-9/h8H,3-7,11H2,1-2H3. The molecule has 0 spiro atoms. The number of nitrogens with zero attached hydrogens (tertiary/aromatic N) is 2. The van der Waals surface area contributed by atoms with Gasteiger partial charge in [-0.2, -0.15) is 0 Å². The molecule has 1 rings (SSSR count). The summed E-state index contributed by atoms with van der Waals surface area (Å²) >= 11 is 0. The monoisotopic (exact) mass is 174 g/mol. The lowest BCUT2D eigenvalue weighted by molar-refractivity contribution is 0.147. The van der Waals surface area contributed by atoms with Crippen molar-refractivity contribution in [1.29, 1.82) is 0 Å². The summed E-state index contributed by atoms with van der Waals surface area (Å²) in [4.78, 5) is 2.57. The lowest BCUT2D eigenvalue weighted by Gasteiger charge is -2.35. The maximum Gasteiger partial charge on any atom is 0.0145 e. The predicted octanol–water partition coefficient (Wildman–Crippen LogP) is 1.19. The molecule has 0 aromatic carbocycles. The quantitative estimate of drug-likeness (QED) is 0.580. The Morgan fingerprint density at radius 1 is 1.27 bits per heavy atom. The molecule has 1 aliphatic heterocycles. The van der Waals surface area contributed by atoms with Gasteiger partial charge in [0, 0.05) is 32.2 Å². The Morgan fingerprint density at radius 2 is 1.82 bits per heavy atom. The average molecular weight is 174 g/mol. The zero-order valence-corrected chi connectivity index (χ0v) is 8.74. The van der Waals surface area contributed by atoms with Crippen molar-refractivity contribution in [3.05, 3.63) is 0 Å². The largest absolute Gasteiger partial charge is 0.298 e. The van der Waals surface area contributed by atoms with Crippen LogP contribution in [-0.4, -0.2) is 41.8 Å². The summed E-state index contributed by atoms with van der Waals surface area (Å²) in [5, 5.41) is 0. The summed E-state index contributed by atoms with van der Waals surface area (Å²) in [6, 6.07) is 0.772. The number of hydrogen-bond acceptors (Lipinski definition) is 2. The van der Waals surface area contributed by atoms with E-state index in [0.717, 1.165) is 6.04 Å². The van der Waals surface area contributed by atoms with Crippen molar-refractivity contribution in [3.8, 4) is 0 Å². The molecule has 0 aliphatic carbocycles. The molecule has 0 amide bonds. The molecular weight excluding hydrogens is 155 g/mol. The van der Waals surface area contributed by atoms with Crippen LogP contribution in [0.4, 0.5) is 0 Å². The summed E-state index contributed by atoms with van der Waals surface area (Å²) in [5.41, 5.74) is 0. The second-order valence-electron chi connectivity index (χ2n) is 3.33. The van der Waals surface area contributed by atoms with E-state index in [4.69, 9.17) is 0 Å². The number of hydrogen-bond donors (Lipinski definition) is 0. The van der Waals surface area contributed by atoms with E-state index in [1.54, 1.807) is 0 Å². The lowest BCUT2D eigenvalue weighted by atomic mass is 10.2. The van der Waals surface area contributed by atoms with Crippen molar-refractivity contribution >= 4 is 9.39 Å². The summed E-state index contributed by atoms with van der Waals surface area (Å²) in [6.07, 6.45) is 1.27. The Labute approximate surface area is 72.2 Å². The van der Waals surface area contributed by atoms with Crippen LogP contribution >= 0.6 is 9.39 Å². The Hall–Kier alpha value is 0.350. The van der Waals surface area contributed by atoms with Gasteiger partial charge in [-0.1, -0.05) is 16.3 Å². The van der Waals surface area contributed by atoms with Crippen LogP contribution in [0.1, 0.15) is 20.3 Å². The van der Waals surface area contributed by atoms with Crippen LogP contribution in [0.15, 0.2) is 0 Å². The molecule has 2 nitrogen and oxygen atoms in total. The number of piperazine rings is 1. The predicted molar refractivity (Wildman–Crippen MR) is 52.6 cm³/mol. The van der Waals surface area contributed by atoms with Gasteiger partial charge in [-0.05, 0) is 13.3 Å². The van der Waals surface area contributed by atoms with Gasteiger partial charge >= 0.3 is 0 Å². The summed E-state index contributed by atoms with van der Waals surface area (Å²) in [5.74, 6) is 0. The van der Waals surface area contributed by atoms with Gasteiger partial charge in [0.05, 0.1) is 0 Å². The van der Waals surface area contributed by atoms with E-state index < -0.39 is 0 Å². The van der Waals surface area contributed by atoms with Gasteiger partial charge in [0.1, 0.15) is 0 Å². The highest BCUT2D eigenvalue weighted by molar-refractivity contribution is 7.13. The number of rotatable bonds is 2. The summed E-state index contributed by atoms with van der Waals surface area (Å²) < 4.78 is 2.32. The Bertz CT molecular complexity index is 111. The van der Waals surface area contributed by atoms with Crippen LogP contribution in [0.2, 0.25) is 0 Å². The van der Waals surface area contributed by atoms with Gasteiger partial charge in [-0.25, -0.2) is 0 Å². The molecule has 3 heteroatoms. The Balaban J connectivity index is 2.27. The van der Waals surface area contributed by atoms with Gasteiger partial charge in [-0.15, -0.1) is 0 Å². The smallest absolute Gasteiger partial charge is 0.0145 e. The van der Waals surface area contributed by atoms with Gasteiger partial charge in [0.2, 0.25) is 0 Å². The van der Waals surface area contributed by atoms with Crippen molar-refractivity contribution in [2.45, 2.75) is 26.3 Å². The molecule has 2 unspecified atom stereocenters. The van der Waals surface area contributed by atoms with Crippen molar-refractivity contribution in [2.24, 2.45) is 0 Å². The van der Waals surface area contributed by atoms with Crippen LogP contribution in [-0.2, 0) is 0 Å². The Kier molecular flexibility index (Phi) is 3.77. The van der Waals surface area contributed by atoms with E-state index in [1.807, 2.05) is 0 Å². The molecule has 66 valence electrons. The molecule has 0 radical (unpaired) electrons. The van der Waals surface area contributed by atoms with Gasteiger partial charge in [0.15, 0.2) is 0 Å². The molecule has 0 aromatic rings. The molecule has 1 saturated heterocycles. The second-order valence-corrected chi connectivity index (χ2v) is 4.06. The summed E-state index contributed by atoms with van der Waals surface area (Å²) in [7, 11) is 2.78. The van der Waals surface area contributed by atoms with E-state index >= 15 is 0 Å². The fraction of sp³-hybridized carbons (Fsp3) is 1.00. The van der Waals surface area contributed by atoms with Crippen LogP contribution in [0.5, 0.6) is 0 Å². The molecule has 0 bridgehead atoms. The molecule has 1 heterocycles. The minimum atomic E-state index is 0.772. The van der Waals surface area contributed by atoms with Gasteiger partial charge in [0.25, 0.3) is 0 Å². The SMILES string of the molecule is CCC(C)N1CCN(P)CC1. The normalized spacial score (nSPS) is 25.4. The van der Waals surface area contributed by atoms with Gasteiger partial charge in [-0.3, -0.25) is 9.57 Å². The first kappa shape index (κ1) is 9.44. The highest BCUT2D eigenvalue weighted by Crippen LogP contribution is 2.10. The Morgan fingerprint density at radius 3 is 2.27 bits per heavy atom. The first-order valence-electron chi connectivity index (χ1n) is 4.47. The van der Waals surface area contributed by atoms with E-state index in [0.29, 0.717) is 0 Å². The second kappa shape index (κ2) is 4.39. The van der Waals surface area contributed by atoms with Crippen molar-refractivity contribution in [3.63, 3.8) is 0 Å². The molecule has 0 aromatic heterocycles. The molecule has 0 saturated carbocycles. The van der Waals surface area contributed by atoms with Crippen LogP contribution in [0.25, 0.3) is 0 Å². The first-order chi connectivity index (χ1) is 5.24. The molecule has 11 heavy (non-hydrogen) atoms. The van der Waals surface area contributed by atoms with E-state index in [2.05, 4.69) is 32.8 Å². The lowest BCUT2D eigenvalue weighted by Crippen LogP contribution is -2.46. The fourth-order valence-corrected chi connectivity index (χ4v) is 1.67. The van der Waals surface area contributed by atoms with Crippen LogP contribution < -0.4 is 0 Å². The zero-order valence-electron chi connectivity index (χ0n) is 7.58. The maximum absolute atomic E-state index is 2.78. The average Bonchev–Trinajstić information content (AvgIpc) is 2.05. The highest BCUT2D eigenvalue weighted by Gasteiger charge is 2.17. The minimum absolute atomic E-state index is 0.772. The van der Waals surface area contributed by atoms with E-state index in [9.17, 15) is 0 Å². The van der Waals surface area contributed by atoms with E-state index in [-0.39, 0.29) is 0 Å². The minimum Gasteiger partial charge on any atom is -0.298 e. The summed E-state index contributed by atoms with van der Waals surface area (Å²) in [6.45, 7) is 9.46. The molecule has 0 N–H and O–H groups in total. The van der Waals surface area contributed by atoms with Crippen molar-refractivity contribution in [1.82, 2.24) is 9.57 Å². The molecule has 2 atom stereocenters. The highest BCUT2D eigenvalue weighted by atomic mass is 31.0. The topological polar surface area (TPSA) is 6.48 Å². The zero-order chi connectivity index (χ0) is 8.27.